The molecule has 0 saturated carbocycles. The summed E-state index contributed by atoms with van der Waals surface area (Å²) in [6.07, 6.45) is 1.73. The summed E-state index contributed by atoms with van der Waals surface area (Å²) in [4.78, 5) is 4.11. The number of halogens is 2. The third-order valence-corrected chi connectivity index (χ3v) is 3.36. The third kappa shape index (κ3) is 2.62. The fourth-order valence-electron chi connectivity index (χ4n) is 2.25. The Bertz CT molecular complexity index is 940. The van der Waals surface area contributed by atoms with Crippen LogP contribution in [0.4, 0.5) is 14.6 Å². The van der Waals surface area contributed by atoms with Crippen molar-refractivity contribution in [2.45, 2.75) is 0 Å². The maximum Gasteiger partial charge on any atom is 0.159 e. The highest BCUT2D eigenvalue weighted by Crippen LogP contribution is 2.30. The van der Waals surface area contributed by atoms with Gasteiger partial charge in [-0.05, 0) is 30.3 Å². The molecule has 0 aliphatic heterocycles. The summed E-state index contributed by atoms with van der Waals surface area (Å²) in [6, 6.07) is 8.76. The number of nitriles is 1. The standard InChI is InChI=1S/C16H11F2N5/c1-23-5-4-14(22-23)10-7-15(21-16(20)11(10)8-19)9-2-3-12(17)13(18)6-9/h2-7H,1H3,(H2,20,21). The minimum absolute atomic E-state index is 0.00962. The molecule has 2 N–H and O–H groups in total. The van der Waals surface area contributed by atoms with Crippen molar-refractivity contribution in [3.05, 3.63) is 53.7 Å². The number of benzene rings is 1. The summed E-state index contributed by atoms with van der Waals surface area (Å²) >= 11 is 0. The molecule has 1 aromatic carbocycles. The first-order valence-electron chi connectivity index (χ1n) is 6.65. The molecule has 23 heavy (non-hydrogen) atoms. The Balaban J connectivity index is 2.22. The van der Waals surface area contributed by atoms with Crippen molar-refractivity contribution < 1.29 is 8.78 Å². The molecule has 0 aliphatic rings. The minimum atomic E-state index is -0.980. The lowest BCUT2D eigenvalue weighted by molar-refractivity contribution is 0.509. The minimum Gasteiger partial charge on any atom is -0.383 e. The third-order valence-electron chi connectivity index (χ3n) is 3.36. The zero-order valence-electron chi connectivity index (χ0n) is 12.1. The van der Waals surface area contributed by atoms with Gasteiger partial charge in [-0.25, -0.2) is 13.8 Å². The van der Waals surface area contributed by atoms with Gasteiger partial charge in [0.05, 0.1) is 11.4 Å². The summed E-state index contributed by atoms with van der Waals surface area (Å²) in [5.74, 6) is -1.91. The Kier molecular flexibility index (Phi) is 3.50. The van der Waals surface area contributed by atoms with Gasteiger partial charge in [0.2, 0.25) is 0 Å². The van der Waals surface area contributed by atoms with Crippen LogP contribution in [0.3, 0.4) is 0 Å². The Hall–Kier alpha value is -3.27. The predicted molar refractivity (Wildman–Crippen MR) is 80.9 cm³/mol. The van der Waals surface area contributed by atoms with Gasteiger partial charge in [-0.1, -0.05) is 0 Å². The van der Waals surface area contributed by atoms with E-state index in [0.717, 1.165) is 12.1 Å². The Morgan fingerprint density at radius 3 is 2.52 bits per heavy atom. The van der Waals surface area contributed by atoms with Crippen LogP contribution in [0, 0.1) is 23.0 Å². The van der Waals surface area contributed by atoms with Crippen molar-refractivity contribution in [3.63, 3.8) is 0 Å². The molecule has 0 bridgehead atoms. The van der Waals surface area contributed by atoms with Gasteiger partial charge in [-0.15, -0.1) is 0 Å². The molecular formula is C16H11F2N5. The number of aromatic nitrogens is 3. The van der Waals surface area contributed by atoms with Crippen LogP contribution < -0.4 is 5.73 Å². The Labute approximate surface area is 130 Å². The first-order valence-corrected chi connectivity index (χ1v) is 6.65. The van der Waals surface area contributed by atoms with Crippen molar-refractivity contribution >= 4 is 5.82 Å². The first-order chi connectivity index (χ1) is 11.0. The van der Waals surface area contributed by atoms with E-state index < -0.39 is 11.6 Å². The molecule has 0 unspecified atom stereocenters. The van der Waals surface area contributed by atoms with Crippen molar-refractivity contribution in [1.29, 1.82) is 5.26 Å². The Morgan fingerprint density at radius 1 is 1.13 bits per heavy atom. The molecule has 0 spiro atoms. The number of anilines is 1. The molecule has 5 nitrogen and oxygen atoms in total. The SMILES string of the molecule is Cn1ccc(-c2cc(-c3ccc(F)c(F)c3)nc(N)c2C#N)n1. The van der Waals surface area contributed by atoms with E-state index in [1.807, 2.05) is 6.07 Å². The highest BCUT2D eigenvalue weighted by atomic mass is 19.2. The number of aryl methyl sites for hydroxylation is 1. The van der Waals surface area contributed by atoms with E-state index in [4.69, 9.17) is 5.73 Å². The molecule has 0 atom stereocenters. The lowest BCUT2D eigenvalue weighted by atomic mass is 10.0. The van der Waals surface area contributed by atoms with Gasteiger partial charge in [0.1, 0.15) is 17.5 Å². The van der Waals surface area contributed by atoms with Gasteiger partial charge in [0.25, 0.3) is 0 Å². The lowest BCUT2D eigenvalue weighted by Crippen LogP contribution is -2.00. The molecule has 114 valence electrons. The number of rotatable bonds is 2. The fraction of sp³-hybridized carbons (Fsp3) is 0.0625. The van der Waals surface area contributed by atoms with Gasteiger partial charge in [0, 0.05) is 24.4 Å². The summed E-state index contributed by atoms with van der Waals surface area (Å²) in [7, 11) is 1.75. The molecule has 0 radical (unpaired) electrons. The maximum absolute atomic E-state index is 13.4. The molecule has 2 aromatic heterocycles. The molecule has 0 fully saturated rings. The average Bonchev–Trinajstić information content (AvgIpc) is 2.95. The number of hydrogen-bond donors (Lipinski definition) is 1. The van der Waals surface area contributed by atoms with E-state index in [-0.39, 0.29) is 11.4 Å². The number of nitrogens with two attached hydrogens (primary N) is 1. The molecule has 3 rings (SSSR count). The number of hydrogen-bond acceptors (Lipinski definition) is 4. The summed E-state index contributed by atoms with van der Waals surface area (Å²) in [5, 5.41) is 13.5. The highest BCUT2D eigenvalue weighted by Gasteiger charge is 2.16. The van der Waals surface area contributed by atoms with Crippen LogP contribution in [-0.2, 0) is 7.05 Å². The van der Waals surface area contributed by atoms with Gasteiger partial charge in [-0.3, -0.25) is 4.68 Å². The zero-order chi connectivity index (χ0) is 16.6. The molecule has 2 heterocycles. The van der Waals surface area contributed by atoms with E-state index >= 15 is 0 Å². The molecular weight excluding hydrogens is 300 g/mol. The predicted octanol–water partition coefficient (Wildman–Crippen LogP) is 2.88. The van der Waals surface area contributed by atoms with E-state index in [2.05, 4.69) is 10.1 Å². The van der Waals surface area contributed by atoms with Gasteiger partial charge >= 0.3 is 0 Å². The molecule has 0 aliphatic carbocycles. The number of nitrogens with zero attached hydrogens (tertiary/aromatic N) is 4. The second-order valence-electron chi connectivity index (χ2n) is 4.93. The average molecular weight is 311 g/mol. The normalized spacial score (nSPS) is 10.5. The van der Waals surface area contributed by atoms with Gasteiger partial charge in [-0.2, -0.15) is 10.4 Å². The second-order valence-corrected chi connectivity index (χ2v) is 4.93. The lowest BCUT2D eigenvalue weighted by Gasteiger charge is -2.08. The molecule has 7 heteroatoms. The highest BCUT2D eigenvalue weighted by molar-refractivity contribution is 5.78. The summed E-state index contributed by atoms with van der Waals surface area (Å²) in [5.41, 5.74) is 7.76. The van der Waals surface area contributed by atoms with Crippen LogP contribution >= 0.6 is 0 Å². The largest absolute Gasteiger partial charge is 0.383 e. The van der Waals surface area contributed by atoms with Crippen LogP contribution in [-0.4, -0.2) is 14.8 Å². The van der Waals surface area contributed by atoms with Gasteiger partial charge < -0.3 is 5.73 Å². The van der Waals surface area contributed by atoms with Crippen molar-refractivity contribution in [2.75, 3.05) is 5.73 Å². The molecule has 0 amide bonds. The van der Waals surface area contributed by atoms with Crippen LogP contribution in [0.25, 0.3) is 22.5 Å². The number of pyridine rings is 1. The van der Waals surface area contributed by atoms with Crippen LogP contribution in [0.5, 0.6) is 0 Å². The molecule has 3 aromatic rings. The quantitative estimate of drug-likeness (QED) is 0.789. The smallest absolute Gasteiger partial charge is 0.159 e. The second kappa shape index (κ2) is 5.50. The van der Waals surface area contributed by atoms with Crippen molar-refractivity contribution in [1.82, 2.24) is 14.8 Å². The zero-order valence-corrected chi connectivity index (χ0v) is 12.1. The van der Waals surface area contributed by atoms with Crippen molar-refractivity contribution in [2.24, 2.45) is 7.05 Å². The first kappa shape index (κ1) is 14.7. The summed E-state index contributed by atoms with van der Waals surface area (Å²) < 4.78 is 28.1. The van der Waals surface area contributed by atoms with Crippen LogP contribution in [0.15, 0.2) is 36.5 Å². The van der Waals surface area contributed by atoms with Crippen molar-refractivity contribution in [3.8, 4) is 28.6 Å². The van der Waals surface area contributed by atoms with E-state index in [1.165, 1.54) is 6.07 Å². The van der Waals surface area contributed by atoms with E-state index in [9.17, 15) is 14.0 Å². The van der Waals surface area contributed by atoms with E-state index in [0.29, 0.717) is 22.5 Å². The number of nitrogen functional groups attached to an aromatic ring is 1. The monoisotopic (exact) mass is 311 g/mol. The molecule has 0 saturated heterocycles. The summed E-state index contributed by atoms with van der Waals surface area (Å²) in [6.45, 7) is 0. The van der Waals surface area contributed by atoms with E-state index in [1.54, 1.807) is 30.1 Å². The maximum atomic E-state index is 13.4. The van der Waals surface area contributed by atoms with Gasteiger partial charge in [0.15, 0.2) is 11.6 Å². The Morgan fingerprint density at radius 2 is 1.91 bits per heavy atom. The fourth-order valence-corrected chi connectivity index (χ4v) is 2.25. The van der Waals surface area contributed by atoms with Crippen LogP contribution in [0.1, 0.15) is 5.56 Å². The van der Waals surface area contributed by atoms with Crippen LogP contribution in [0.2, 0.25) is 0 Å². The topological polar surface area (TPSA) is 80.5 Å².